The quantitative estimate of drug-likeness (QED) is 0.795. The van der Waals surface area contributed by atoms with Gasteiger partial charge in [0.1, 0.15) is 0 Å². The maximum atomic E-state index is 5.83. The Bertz CT molecular complexity index is 510. The molecule has 2 aromatic rings. The molecule has 19 heavy (non-hydrogen) atoms. The van der Waals surface area contributed by atoms with Gasteiger partial charge in [-0.1, -0.05) is 41.9 Å². The Morgan fingerprint density at radius 1 is 1.05 bits per heavy atom. The van der Waals surface area contributed by atoms with Gasteiger partial charge in [-0.15, -0.1) is 0 Å². The highest BCUT2D eigenvalue weighted by Crippen LogP contribution is 2.13. The van der Waals surface area contributed by atoms with Gasteiger partial charge in [-0.05, 0) is 36.2 Å². The van der Waals surface area contributed by atoms with Gasteiger partial charge in [0.2, 0.25) is 0 Å². The Kier molecular flexibility index (Phi) is 5.25. The van der Waals surface area contributed by atoms with Crippen LogP contribution in [-0.4, -0.2) is 13.2 Å². The third-order valence-corrected chi connectivity index (χ3v) is 3.14. The molecule has 100 valence electrons. The van der Waals surface area contributed by atoms with E-state index in [0.29, 0.717) is 13.2 Å². The molecule has 0 aromatic heterocycles. The molecular weight excluding hydrogens is 258 g/mol. The number of aryl methyl sites for hydroxylation is 1. The second kappa shape index (κ2) is 7.17. The highest BCUT2D eigenvalue weighted by Gasteiger charge is 1.96. The minimum absolute atomic E-state index is 0.618. The standard InChI is InChI=1S/C16H18ClNO/c1-13-4-2-3-5-16(13)18-10-11-19-12-14-6-8-15(17)9-7-14/h2-9,18H,10-12H2,1H3. The lowest BCUT2D eigenvalue weighted by molar-refractivity contribution is 0.130. The predicted octanol–water partition coefficient (Wildman–Crippen LogP) is 4.28. The normalized spacial score (nSPS) is 10.4. The fourth-order valence-corrected chi connectivity index (χ4v) is 1.93. The number of hydrogen-bond acceptors (Lipinski definition) is 2. The number of anilines is 1. The molecule has 3 heteroatoms. The van der Waals surface area contributed by atoms with Crippen molar-refractivity contribution in [3.63, 3.8) is 0 Å². The van der Waals surface area contributed by atoms with Crippen LogP contribution in [0.25, 0.3) is 0 Å². The molecule has 0 aliphatic carbocycles. The molecule has 0 aliphatic heterocycles. The topological polar surface area (TPSA) is 21.3 Å². The molecule has 0 bridgehead atoms. The number of halogens is 1. The molecule has 0 saturated heterocycles. The number of benzene rings is 2. The van der Waals surface area contributed by atoms with Crippen LogP contribution < -0.4 is 5.32 Å². The molecule has 0 amide bonds. The second-order valence-electron chi connectivity index (χ2n) is 4.42. The van der Waals surface area contributed by atoms with E-state index >= 15 is 0 Å². The van der Waals surface area contributed by atoms with Gasteiger partial charge in [-0.25, -0.2) is 0 Å². The van der Waals surface area contributed by atoms with Crippen LogP contribution in [0.15, 0.2) is 48.5 Å². The van der Waals surface area contributed by atoms with Crippen LogP contribution >= 0.6 is 11.6 Å². The van der Waals surface area contributed by atoms with Gasteiger partial charge in [0.05, 0.1) is 13.2 Å². The smallest absolute Gasteiger partial charge is 0.0717 e. The summed E-state index contributed by atoms with van der Waals surface area (Å²) >= 11 is 5.83. The number of para-hydroxylation sites is 1. The fraction of sp³-hybridized carbons (Fsp3) is 0.250. The zero-order valence-corrected chi connectivity index (χ0v) is 11.8. The summed E-state index contributed by atoms with van der Waals surface area (Å²) in [6.07, 6.45) is 0. The Labute approximate surface area is 119 Å². The van der Waals surface area contributed by atoms with Gasteiger partial charge in [0.15, 0.2) is 0 Å². The first kappa shape index (κ1) is 13.9. The van der Waals surface area contributed by atoms with Crippen molar-refractivity contribution in [2.45, 2.75) is 13.5 Å². The molecule has 0 spiro atoms. The summed E-state index contributed by atoms with van der Waals surface area (Å²) in [6, 6.07) is 16.0. The maximum absolute atomic E-state index is 5.83. The monoisotopic (exact) mass is 275 g/mol. The lowest BCUT2D eigenvalue weighted by atomic mass is 10.2. The molecule has 0 saturated carbocycles. The summed E-state index contributed by atoms with van der Waals surface area (Å²) < 4.78 is 5.62. The Morgan fingerprint density at radius 3 is 2.53 bits per heavy atom. The lowest BCUT2D eigenvalue weighted by Gasteiger charge is -2.09. The maximum Gasteiger partial charge on any atom is 0.0717 e. The summed E-state index contributed by atoms with van der Waals surface area (Å²) in [6.45, 7) is 4.19. The van der Waals surface area contributed by atoms with Crippen molar-refractivity contribution in [1.29, 1.82) is 0 Å². The van der Waals surface area contributed by atoms with E-state index in [4.69, 9.17) is 16.3 Å². The van der Waals surface area contributed by atoms with E-state index in [1.54, 1.807) is 0 Å². The Hall–Kier alpha value is -1.51. The molecule has 0 aliphatic rings. The van der Waals surface area contributed by atoms with Crippen molar-refractivity contribution in [1.82, 2.24) is 0 Å². The predicted molar refractivity (Wildman–Crippen MR) is 80.8 cm³/mol. The third kappa shape index (κ3) is 4.58. The number of hydrogen-bond donors (Lipinski definition) is 1. The Balaban J connectivity index is 1.67. The van der Waals surface area contributed by atoms with E-state index in [-0.39, 0.29) is 0 Å². The minimum atomic E-state index is 0.618. The van der Waals surface area contributed by atoms with Gasteiger partial charge in [0, 0.05) is 17.3 Å². The minimum Gasteiger partial charge on any atom is -0.383 e. The molecule has 0 atom stereocenters. The molecule has 1 N–H and O–H groups in total. The molecule has 2 nitrogen and oxygen atoms in total. The molecule has 0 fully saturated rings. The van der Waals surface area contributed by atoms with Crippen LogP contribution in [0.2, 0.25) is 5.02 Å². The zero-order valence-electron chi connectivity index (χ0n) is 11.0. The van der Waals surface area contributed by atoms with E-state index < -0.39 is 0 Å². The molecule has 2 rings (SSSR count). The highest BCUT2D eigenvalue weighted by molar-refractivity contribution is 6.30. The van der Waals surface area contributed by atoms with Gasteiger partial charge < -0.3 is 10.1 Å². The highest BCUT2D eigenvalue weighted by atomic mass is 35.5. The summed E-state index contributed by atoms with van der Waals surface area (Å²) in [4.78, 5) is 0. The van der Waals surface area contributed by atoms with Crippen molar-refractivity contribution >= 4 is 17.3 Å². The van der Waals surface area contributed by atoms with Crippen LogP contribution in [0.1, 0.15) is 11.1 Å². The van der Waals surface area contributed by atoms with Crippen molar-refractivity contribution in [2.75, 3.05) is 18.5 Å². The third-order valence-electron chi connectivity index (χ3n) is 2.89. The summed E-state index contributed by atoms with van der Waals surface area (Å²) in [5.74, 6) is 0. The van der Waals surface area contributed by atoms with Crippen molar-refractivity contribution in [3.05, 3.63) is 64.7 Å². The van der Waals surface area contributed by atoms with E-state index in [9.17, 15) is 0 Å². The number of rotatable bonds is 6. The average Bonchev–Trinajstić information content (AvgIpc) is 2.42. The summed E-state index contributed by atoms with van der Waals surface area (Å²) in [5.41, 5.74) is 3.55. The molecule has 0 heterocycles. The van der Waals surface area contributed by atoms with Crippen molar-refractivity contribution in [3.8, 4) is 0 Å². The van der Waals surface area contributed by atoms with Crippen LogP contribution in [0.4, 0.5) is 5.69 Å². The number of ether oxygens (including phenoxy) is 1. The summed E-state index contributed by atoms with van der Waals surface area (Å²) in [5, 5.41) is 4.12. The van der Waals surface area contributed by atoms with Crippen LogP contribution in [0.5, 0.6) is 0 Å². The van der Waals surface area contributed by atoms with Gasteiger partial charge in [-0.2, -0.15) is 0 Å². The van der Waals surface area contributed by atoms with Crippen LogP contribution in [0.3, 0.4) is 0 Å². The average molecular weight is 276 g/mol. The first-order chi connectivity index (χ1) is 9.25. The van der Waals surface area contributed by atoms with E-state index in [2.05, 4.69) is 24.4 Å². The number of nitrogens with one attached hydrogen (secondary N) is 1. The van der Waals surface area contributed by atoms with Crippen molar-refractivity contribution < 1.29 is 4.74 Å². The Morgan fingerprint density at radius 2 is 1.79 bits per heavy atom. The van der Waals surface area contributed by atoms with E-state index in [1.165, 1.54) is 5.56 Å². The zero-order chi connectivity index (χ0) is 13.5. The lowest BCUT2D eigenvalue weighted by Crippen LogP contribution is -2.10. The van der Waals surface area contributed by atoms with E-state index in [1.807, 2.05) is 36.4 Å². The summed E-state index contributed by atoms with van der Waals surface area (Å²) in [7, 11) is 0. The van der Waals surface area contributed by atoms with Crippen molar-refractivity contribution in [2.24, 2.45) is 0 Å². The van der Waals surface area contributed by atoms with Gasteiger partial charge >= 0.3 is 0 Å². The second-order valence-corrected chi connectivity index (χ2v) is 4.86. The fourth-order valence-electron chi connectivity index (χ4n) is 1.80. The molecular formula is C16H18ClNO. The van der Waals surface area contributed by atoms with Crippen LogP contribution in [-0.2, 0) is 11.3 Å². The SMILES string of the molecule is Cc1ccccc1NCCOCc1ccc(Cl)cc1. The van der Waals surface area contributed by atoms with E-state index in [0.717, 1.165) is 22.8 Å². The van der Waals surface area contributed by atoms with Crippen LogP contribution in [0, 0.1) is 6.92 Å². The first-order valence-corrected chi connectivity index (χ1v) is 6.75. The first-order valence-electron chi connectivity index (χ1n) is 6.37. The molecule has 0 unspecified atom stereocenters. The largest absolute Gasteiger partial charge is 0.383 e. The molecule has 2 aromatic carbocycles. The molecule has 0 radical (unpaired) electrons. The van der Waals surface area contributed by atoms with Gasteiger partial charge in [0.25, 0.3) is 0 Å². The van der Waals surface area contributed by atoms with Gasteiger partial charge in [-0.3, -0.25) is 0 Å².